The van der Waals surface area contributed by atoms with Crippen LogP contribution in [0.25, 0.3) is 0 Å². The fraction of sp³-hybridized carbons (Fsp3) is 0.455. The van der Waals surface area contributed by atoms with Crippen LogP contribution in [0.5, 0.6) is 0 Å². The third kappa shape index (κ3) is 4.91. The van der Waals surface area contributed by atoms with Crippen molar-refractivity contribution >= 4 is 26.7 Å². The van der Waals surface area contributed by atoms with Crippen molar-refractivity contribution in [1.29, 1.82) is 0 Å². The molecule has 0 aromatic heterocycles. The summed E-state index contributed by atoms with van der Waals surface area (Å²) in [6.07, 6.45) is 1.11. The van der Waals surface area contributed by atoms with Gasteiger partial charge in [-0.25, -0.2) is 0 Å². The van der Waals surface area contributed by atoms with E-state index in [1.807, 2.05) is 24.3 Å². The van der Waals surface area contributed by atoms with Gasteiger partial charge in [0.2, 0.25) is 0 Å². The van der Waals surface area contributed by atoms with E-state index in [0.717, 1.165) is 28.9 Å². The molecular weight excluding hydrogens is 274 g/mol. The summed E-state index contributed by atoms with van der Waals surface area (Å²) in [6.45, 7) is 3.93. The molecule has 1 atom stereocenters. The van der Waals surface area contributed by atoms with Gasteiger partial charge in [-0.05, 0) is 31.2 Å². The van der Waals surface area contributed by atoms with Crippen LogP contribution >= 0.6 is 15.9 Å². The zero-order valence-corrected chi connectivity index (χ0v) is 11.2. The molecule has 4 heteroatoms. The predicted octanol–water partition coefficient (Wildman–Crippen LogP) is 2.56. The summed E-state index contributed by atoms with van der Waals surface area (Å²) in [7, 11) is -0.890. The fourth-order valence-corrected chi connectivity index (χ4v) is 2.80. The molecule has 15 heavy (non-hydrogen) atoms. The SMILES string of the molecule is CCCNCCS(=O)c1cccc(Br)c1. The van der Waals surface area contributed by atoms with Gasteiger partial charge in [-0.2, -0.15) is 0 Å². The highest BCUT2D eigenvalue weighted by molar-refractivity contribution is 9.10. The summed E-state index contributed by atoms with van der Waals surface area (Å²) < 4.78 is 12.8. The molecule has 1 rings (SSSR count). The maximum Gasteiger partial charge on any atom is 0.0542 e. The Hall–Kier alpha value is -0.190. The first-order chi connectivity index (χ1) is 7.24. The molecule has 0 spiro atoms. The summed E-state index contributed by atoms with van der Waals surface area (Å²) in [6, 6.07) is 7.67. The van der Waals surface area contributed by atoms with Gasteiger partial charge in [0.1, 0.15) is 0 Å². The lowest BCUT2D eigenvalue weighted by atomic mass is 10.4. The largest absolute Gasteiger partial charge is 0.316 e. The molecule has 0 aliphatic rings. The van der Waals surface area contributed by atoms with E-state index in [-0.39, 0.29) is 0 Å². The van der Waals surface area contributed by atoms with Crippen LogP contribution in [0, 0.1) is 0 Å². The summed E-state index contributed by atoms with van der Waals surface area (Å²) >= 11 is 3.37. The van der Waals surface area contributed by atoms with Crippen LogP contribution in [0.1, 0.15) is 13.3 Å². The Labute approximate surface area is 102 Å². The molecule has 2 nitrogen and oxygen atoms in total. The second-order valence-electron chi connectivity index (χ2n) is 3.26. The van der Waals surface area contributed by atoms with Crippen molar-refractivity contribution in [3.8, 4) is 0 Å². The van der Waals surface area contributed by atoms with Gasteiger partial charge in [-0.1, -0.05) is 28.9 Å². The highest BCUT2D eigenvalue weighted by atomic mass is 79.9. The molecule has 0 aliphatic carbocycles. The first-order valence-corrected chi connectivity index (χ1v) is 7.20. The van der Waals surface area contributed by atoms with Gasteiger partial charge in [0.15, 0.2) is 0 Å². The van der Waals surface area contributed by atoms with Crippen LogP contribution in [0.4, 0.5) is 0 Å². The lowest BCUT2D eigenvalue weighted by Gasteiger charge is -2.04. The van der Waals surface area contributed by atoms with Crippen molar-refractivity contribution < 1.29 is 4.21 Å². The van der Waals surface area contributed by atoms with E-state index in [1.54, 1.807) is 0 Å². The summed E-state index contributed by atoms with van der Waals surface area (Å²) in [5.74, 6) is 0.677. The van der Waals surface area contributed by atoms with Crippen LogP contribution in [0.3, 0.4) is 0 Å². The third-order valence-electron chi connectivity index (χ3n) is 1.95. The van der Waals surface area contributed by atoms with Gasteiger partial charge >= 0.3 is 0 Å². The van der Waals surface area contributed by atoms with Crippen LogP contribution < -0.4 is 5.32 Å². The predicted molar refractivity (Wildman–Crippen MR) is 68.6 cm³/mol. The smallest absolute Gasteiger partial charge is 0.0542 e. The number of hydrogen-bond acceptors (Lipinski definition) is 2. The Morgan fingerprint density at radius 1 is 1.40 bits per heavy atom. The van der Waals surface area contributed by atoms with Crippen molar-refractivity contribution in [1.82, 2.24) is 5.32 Å². The zero-order valence-electron chi connectivity index (χ0n) is 8.83. The Morgan fingerprint density at radius 2 is 2.20 bits per heavy atom. The molecule has 0 radical (unpaired) electrons. The van der Waals surface area contributed by atoms with Crippen molar-refractivity contribution in [2.45, 2.75) is 18.2 Å². The normalized spacial score (nSPS) is 12.7. The Kier molecular flexibility index (Phi) is 6.13. The highest BCUT2D eigenvalue weighted by Gasteiger charge is 2.03. The van der Waals surface area contributed by atoms with E-state index < -0.39 is 10.8 Å². The Balaban J connectivity index is 2.40. The van der Waals surface area contributed by atoms with E-state index in [2.05, 4.69) is 28.2 Å². The number of rotatable bonds is 6. The van der Waals surface area contributed by atoms with E-state index in [1.165, 1.54) is 0 Å². The van der Waals surface area contributed by atoms with Crippen LogP contribution in [0.15, 0.2) is 33.6 Å². The van der Waals surface area contributed by atoms with E-state index in [4.69, 9.17) is 0 Å². The first kappa shape index (κ1) is 12.9. The topological polar surface area (TPSA) is 29.1 Å². The number of nitrogens with one attached hydrogen (secondary N) is 1. The van der Waals surface area contributed by atoms with Crippen molar-refractivity contribution in [2.24, 2.45) is 0 Å². The average molecular weight is 290 g/mol. The summed E-state index contributed by atoms with van der Waals surface area (Å²) in [5.41, 5.74) is 0. The van der Waals surface area contributed by atoms with Crippen LogP contribution in [0.2, 0.25) is 0 Å². The van der Waals surface area contributed by atoms with E-state index in [9.17, 15) is 4.21 Å². The zero-order chi connectivity index (χ0) is 11.1. The van der Waals surface area contributed by atoms with Gasteiger partial charge in [0, 0.05) is 21.7 Å². The second-order valence-corrected chi connectivity index (χ2v) is 5.74. The first-order valence-electron chi connectivity index (χ1n) is 5.08. The lowest BCUT2D eigenvalue weighted by Crippen LogP contribution is -2.21. The number of benzene rings is 1. The van der Waals surface area contributed by atoms with Gasteiger partial charge in [-0.15, -0.1) is 0 Å². The molecular formula is C11H16BrNOS. The average Bonchev–Trinajstić information content (AvgIpc) is 2.24. The van der Waals surface area contributed by atoms with Crippen LogP contribution in [-0.2, 0) is 10.8 Å². The molecule has 0 amide bonds. The molecule has 1 aromatic rings. The van der Waals surface area contributed by atoms with Crippen molar-refractivity contribution in [3.05, 3.63) is 28.7 Å². The number of hydrogen-bond donors (Lipinski definition) is 1. The third-order valence-corrected chi connectivity index (χ3v) is 3.80. The van der Waals surface area contributed by atoms with Crippen molar-refractivity contribution in [3.63, 3.8) is 0 Å². The van der Waals surface area contributed by atoms with E-state index in [0.29, 0.717) is 5.75 Å². The molecule has 0 bridgehead atoms. The molecule has 1 N–H and O–H groups in total. The molecule has 0 fully saturated rings. The highest BCUT2D eigenvalue weighted by Crippen LogP contribution is 2.14. The fourth-order valence-electron chi connectivity index (χ4n) is 1.19. The number of halogens is 1. The van der Waals surface area contributed by atoms with Gasteiger partial charge in [-0.3, -0.25) is 4.21 Å². The maximum atomic E-state index is 11.8. The molecule has 0 saturated heterocycles. The maximum absolute atomic E-state index is 11.8. The van der Waals surface area contributed by atoms with Crippen LogP contribution in [-0.4, -0.2) is 23.1 Å². The summed E-state index contributed by atoms with van der Waals surface area (Å²) in [5, 5.41) is 3.25. The van der Waals surface area contributed by atoms with Gasteiger partial charge in [0.05, 0.1) is 10.8 Å². The Morgan fingerprint density at radius 3 is 2.87 bits per heavy atom. The molecule has 0 aliphatic heterocycles. The molecule has 84 valence electrons. The van der Waals surface area contributed by atoms with Gasteiger partial charge in [0.25, 0.3) is 0 Å². The molecule has 0 saturated carbocycles. The molecule has 1 aromatic carbocycles. The minimum atomic E-state index is -0.890. The minimum Gasteiger partial charge on any atom is -0.316 e. The van der Waals surface area contributed by atoms with Crippen molar-refractivity contribution in [2.75, 3.05) is 18.8 Å². The monoisotopic (exact) mass is 289 g/mol. The quantitative estimate of drug-likeness (QED) is 0.816. The van der Waals surface area contributed by atoms with E-state index >= 15 is 0 Å². The molecule has 1 unspecified atom stereocenters. The standard InChI is InChI=1S/C11H16BrNOS/c1-2-6-13-7-8-15(14)11-5-3-4-10(12)9-11/h3-5,9,13H,2,6-8H2,1H3. The lowest BCUT2D eigenvalue weighted by molar-refractivity contribution is 0.669. The summed E-state index contributed by atoms with van der Waals surface area (Å²) in [4.78, 5) is 0.891. The Bertz CT molecular complexity index is 330. The second kappa shape index (κ2) is 7.14. The van der Waals surface area contributed by atoms with Gasteiger partial charge < -0.3 is 5.32 Å². The minimum absolute atomic E-state index is 0.677. The molecule has 0 heterocycles.